The van der Waals surface area contributed by atoms with Gasteiger partial charge < -0.3 is 4.74 Å². The van der Waals surface area contributed by atoms with Crippen molar-refractivity contribution in [3.8, 4) is 0 Å². The molecule has 1 atom stereocenters. The number of hydrogen-bond acceptors (Lipinski definition) is 4. The van der Waals surface area contributed by atoms with E-state index in [4.69, 9.17) is 4.74 Å². The molecule has 19 heavy (non-hydrogen) atoms. The molecule has 0 N–H and O–H groups in total. The molecule has 0 aromatic rings. The fraction of sp³-hybridized carbons (Fsp3) is 0.786. The highest BCUT2D eigenvalue weighted by atomic mass is 16.6. The lowest BCUT2D eigenvalue weighted by molar-refractivity contribution is -0.137. The maximum absolute atomic E-state index is 12.2. The first-order valence-corrected chi connectivity index (χ1v) is 6.85. The standard InChI is InChI=1S/C14H21NO4/c1-14(2,3)19-13(18)15-8-4-5-10(16)11(15)12(17)9-6-7-9/h9,11H,4-8H2,1-3H3. The van der Waals surface area contributed by atoms with Gasteiger partial charge in [0, 0.05) is 18.9 Å². The number of Topliss-reactive ketones (excluding diaryl/α,β-unsaturated/α-hetero) is 2. The third-order valence-corrected chi connectivity index (χ3v) is 3.32. The number of carbonyl (C=O) groups is 3. The summed E-state index contributed by atoms with van der Waals surface area (Å²) in [5.41, 5.74) is -0.620. The van der Waals surface area contributed by atoms with Gasteiger partial charge in [0.1, 0.15) is 5.60 Å². The van der Waals surface area contributed by atoms with Gasteiger partial charge >= 0.3 is 6.09 Å². The molecule has 106 valence electrons. The highest BCUT2D eigenvalue weighted by Gasteiger charge is 2.45. The molecule has 1 amide bonds. The molecular weight excluding hydrogens is 246 g/mol. The number of ketones is 2. The van der Waals surface area contributed by atoms with Gasteiger partial charge in [-0.05, 0) is 40.0 Å². The summed E-state index contributed by atoms with van der Waals surface area (Å²) in [7, 11) is 0. The lowest BCUT2D eigenvalue weighted by atomic mass is 9.95. The number of likely N-dealkylation sites (tertiary alicyclic amines) is 1. The van der Waals surface area contributed by atoms with E-state index < -0.39 is 17.7 Å². The SMILES string of the molecule is CC(C)(C)OC(=O)N1CCCC(=O)C1C(=O)C1CC1. The minimum atomic E-state index is -0.906. The number of rotatable bonds is 2. The van der Waals surface area contributed by atoms with Crippen molar-refractivity contribution in [3.05, 3.63) is 0 Å². The largest absolute Gasteiger partial charge is 0.444 e. The van der Waals surface area contributed by atoms with Gasteiger partial charge in [-0.1, -0.05) is 0 Å². The molecule has 2 aliphatic rings. The second kappa shape index (κ2) is 4.94. The molecule has 1 aliphatic heterocycles. The van der Waals surface area contributed by atoms with Crippen LogP contribution in [0.4, 0.5) is 4.79 Å². The van der Waals surface area contributed by atoms with Crippen LogP contribution >= 0.6 is 0 Å². The Hall–Kier alpha value is -1.39. The molecule has 1 unspecified atom stereocenters. The molecule has 5 nitrogen and oxygen atoms in total. The normalized spacial score (nSPS) is 24.3. The number of hydrogen-bond donors (Lipinski definition) is 0. The van der Waals surface area contributed by atoms with Crippen LogP contribution in [0.25, 0.3) is 0 Å². The Morgan fingerprint density at radius 3 is 2.42 bits per heavy atom. The van der Waals surface area contributed by atoms with E-state index in [0.29, 0.717) is 19.4 Å². The second-order valence-electron chi connectivity index (χ2n) is 6.32. The Morgan fingerprint density at radius 1 is 1.26 bits per heavy atom. The quantitative estimate of drug-likeness (QED) is 0.717. The van der Waals surface area contributed by atoms with Gasteiger partial charge in [0.15, 0.2) is 17.6 Å². The Morgan fingerprint density at radius 2 is 1.89 bits per heavy atom. The molecule has 1 saturated carbocycles. The predicted molar refractivity (Wildman–Crippen MR) is 68.7 cm³/mol. The average Bonchev–Trinajstić information content (AvgIpc) is 3.09. The fourth-order valence-electron chi connectivity index (χ4n) is 2.28. The Labute approximate surface area is 113 Å². The molecular formula is C14H21NO4. The summed E-state index contributed by atoms with van der Waals surface area (Å²) in [5, 5.41) is 0. The molecule has 2 rings (SSSR count). The molecule has 5 heteroatoms. The second-order valence-corrected chi connectivity index (χ2v) is 6.32. The van der Waals surface area contributed by atoms with Crippen LogP contribution in [-0.2, 0) is 14.3 Å². The molecule has 1 heterocycles. The average molecular weight is 267 g/mol. The Balaban J connectivity index is 2.13. The Kier molecular flexibility index (Phi) is 3.65. The van der Waals surface area contributed by atoms with Gasteiger partial charge in [0.2, 0.25) is 0 Å². The van der Waals surface area contributed by atoms with Gasteiger partial charge in [-0.25, -0.2) is 4.79 Å². The van der Waals surface area contributed by atoms with Crippen molar-refractivity contribution in [1.82, 2.24) is 4.90 Å². The highest BCUT2D eigenvalue weighted by Crippen LogP contribution is 2.33. The molecule has 0 spiro atoms. The van der Waals surface area contributed by atoms with E-state index in [2.05, 4.69) is 0 Å². The third kappa shape index (κ3) is 3.33. The summed E-state index contributed by atoms with van der Waals surface area (Å²) in [4.78, 5) is 37.6. The minimum absolute atomic E-state index is 0.0306. The molecule has 0 aromatic heterocycles. The van der Waals surface area contributed by atoms with E-state index in [1.165, 1.54) is 4.90 Å². The summed E-state index contributed by atoms with van der Waals surface area (Å²) in [6.45, 7) is 5.74. The molecule has 0 bridgehead atoms. The van der Waals surface area contributed by atoms with Crippen molar-refractivity contribution >= 4 is 17.7 Å². The van der Waals surface area contributed by atoms with Crippen molar-refractivity contribution in [1.29, 1.82) is 0 Å². The van der Waals surface area contributed by atoms with E-state index in [1.807, 2.05) is 0 Å². The summed E-state index contributed by atoms with van der Waals surface area (Å²) in [6, 6.07) is -0.906. The van der Waals surface area contributed by atoms with Crippen molar-refractivity contribution in [3.63, 3.8) is 0 Å². The number of amides is 1. The molecule has 2 fully saturated rings. The van der Waals surface area contributed by atoms with Gasteiger partial charge in [0.05, 0.1) is 0 Å². The number of piperidine rings is 1. The van der Waals surface area contributed by atoms with Crippen LogP contribution in [0, 0.1) is 5.92 Å². The lowest BCUT2D eigenvalue weighted by Gasteiger charge is -2.34. The van der Waals surface area contributed by atoms with Crippen molar-refractivity contribution in [2.45, 2.75) is 58.1 Å². The summed E-state index contributed by atoms with van der Waals surface area (Å²) < 4.78 is 5.29. The van der Waals surface area contributed by atoms with E-state index in [0.717, 1.165) is 12.8 Å². The van der Waals surface area contributed by atoms with Crippen LogP contribution in [-0.4, -0.2) is 40.7 Å². The van der Waals surface area contributed by atoms with Crippen LogP contribution in [0.1, 0.15) is 46.5 Å². The van der Waals surface area contributed by atoms with Crippen LogP contribution in [0.5, 0.6) is 0 Å². The first-order valence-electron chi connectivity index (χ1n) is 6.85. The monoisotopic (exact) mass is 267 g/mol. The highest BCUT2D eigenvalue weighted by molar-refractivity contribution is 6.10. The van der Waals surface area contributed by atoms with Crippen LogP contribution in [0.15, 0.2) is 0 Å². The molecule has 0 radical (unpaired) electrons. The Bertz CT molecular complexity index is 406. The third-order valence-electron chi connectivity index (χ3n) is 3.32. The lowest BCUT2D eigenvalue weighted by Crippen LogP contribution is -2.54. The van der Waals surface area contributed by atoms with Crippen molar-refractivity contribution < 1.29 is 19.1 Å². The first-order chi connectivity index (χ1) is 8.79. The first kappa shape index (κ1) is 14.0. The zero-order chi connectivity index (χ0) is 14.2. The van der Waals surface area contributed by atoms with Crippen LogP contribution in [0.3, 0.4) is 0 Å². The zero-order valence-corrected chi connectivity index (χ0v) is 11.8. The van der Waals surface area contributed by atoms with Gasteiger partial charge in [-0.2, -0.15) is 0 Å². The van der Waals surface area contributed by atoms with Gasteiger partial charge in [-0.15, -0.1) is 0 Å². The number of ether oxygens (including phenoxy) is 1. The number of nitrogens with zero attached hydrogens (tertiary/aromatic N) is 1. The predicted octanol–water partition coefficient (Wildman–Crippen LogP) is 1.93. The summed E-state index contributed by atoms with van der Waals surface area (Å²) >= 11 is 0. The smallest absolute Gasteiger partial charge is 0.411 e. The maximum atomic E-state index is 12.2. The molecule has 1 aliphatic carbocycles. The van der Waals surface area contributed by atoms with Gasteiger partial charge in [0.25, 0.3) is 0 Å². The molecule has 0 aromatic carbocycles. The van der Waals surface area contributed by atoms with Crippen LogP contribution < -0.4 is 0 Å². The van der Waals surface area contributed by atoms with E-state index in [-0.39, 0.29) is 17.5 Å². The maximum Gasteiger partial charge on any atom is 0.411 e. The van der Waals surface area contributed by atoms with Crippen LogP contribution in [0.2, 0.25) is 0 Å². The van der Waals surface area contributed by atoms with Crippen molar-refractivity contribution in [2.75, 3.05) is 6.54 Å². The van der Waals surface area contributed by atoms with E-state index in [1.54, 1.807) is 20.8 Å². The zero-order valence-electron chi connectivity index (χ0n) is 11.8. The van der Waals surface area contributed by atoms with Gasteiger partial charge in [-0.3, -0.25) is 14.5 Å². The van der Waals surface area contributed by atoms with E-state index >= 15 is 0 Å². The fourth-order valence-corrected chi connectivity index (χ4v) is 2.28. The summed E-state index contributed by atoms with van der Waals surface area (Å²) in [6.07, 6.45) is 2.10. The minimum Gasteiger partial charge on any atom is -0.444 e. The topological polar surface area (TPSA) is 63.7 Å². The summed E-state index contributed by atoms with van der Waals surface area (Å²) in [5.74, 6) is -0.276. The molecule has 1 saturated heterocycles. The number of carbonyl (C=O) groups excluding carboxylic acids is 3. The van der Waals surface area contributed by atoms with E-state index in [9.17, 15) is 14.4 Å². The van der Waals surface area contributed by atoms with Crippen molar-refractivity contribution in [2.24, 2.45) is 5.92 Å².